The Labute approximate surface area is 181 Å². The number of ether oxygens (including phenoxy) is 1. The van der Waals surface area contributed by atoms with E-state index in [2.05, 4.69) is 10.3 Å². The minimum Gasteiger partial charge on any atom is -0.441 e. The van der Waals surface area contributed by atoms with Crippen LogP contribution >= 0.6 is 0 Å². The Morgan fingerprint density at radius 2 is 1.81 bits per heavy atom. The molecule has 0 aliphatic carbocycles. The first-order valence-corrected chi connectivity index (χ1v) is 10.8. The SMILES string of the molecule is O=C(CCCc1ncc(-c2ccccc2)o1)NCC1(c2ccc(F)cc2)CCOCC1. The van der Waals surface area contributed by atoms with E-state index in [0.29, 0.717) is 44.9 Å². The van der Waals surface area contributed by atoms with E-state index in [9.17, 15) is 9.18 Å². The monoisotopic (exact) mass is 422 g/mol. The molecule has 0 bridgehead atoms. The molecular formula is C25H27FN2O3. The van der Waals surface area contributed by atoms with Gasteiger partial charge < -0.3 is 14.5 Å². The van der Waals surface area contributed by atoms with Crippen LogP contribution in [0, 0.1) is 5.82 Å². The predicted molar refractivity (Wildman–Crippen MR) is 116 cm³/mol. The number of carbonyl (C=O) groups is 1. The first-order chi connectivity index (χ1) is 15.1. The molecule has 0 spiro atoms. The van der Waals surface area contributed by atoms with Crippen molar-refractivity contribution in [1.82, 2.24) is 10.3 Å². The van der Waals surface area contributed by atoms with Gasteiger partial charge in [0.2, 0.25) is 5.91 Å². The first-order valence-electron chi connectivity index (χ1n) is 10.8. The lowest BCUT2D eigenvalue weighted by atomic mass is 9.74. The second kappa shape index (κ2) is 9.88. The van der Waals surface area contributed by atoms with E-state index in [1.54, 1.807) is 6.20 Å². The molecule has 1 amide bonds. The van der Waals surface area contributed by atoms with Crippen LogP contribution in [0.5, 0.6) is 0 Å². The second-order valence-electron chi connectivity index (χ2n) is 8.01. The number of hydrogen-bond donors (Lipinski definition) is 1. The van der Waals surface area contributed by atoms with Gasteiger partial charge in [-0.3, -0.25) is 4.79 Å². The number of nitrogens with zero attached hydrogens (tertiary/aromatic N) is 1. The molecule has 1 aliphatic heterocycles. The summed E-state index contributed by atoms with van der Waals surface area (Å²) in [6.45, 7) is 1.81. The zero-order valence-corrected chi connectivity index (χ0v) is 17.5. The van der Waals surface area contributed by atoms with Gasteiger partial charge in [-0.1, -0.05) is 42.5 Å². The minimum absolute atomic E-state index is 0.00261. The summed E-state index contributed by atoms with van der Waals surface area (Å²) in [6.07, 6.45) is 5.00. The topological polar surface area (TPSA) is 64.4 Å². The Bertz CT molecular complexity index is 980. The van der Waals surface area contributed by atoms with Gasteiger partial charge >= 0.3 is 0 Å². The molecule has 3 aromatic rings. The van der Waals surface area contributed by atoms with Crippen molar-refractivity contribution in [2.24, 2.45) is 0 Å². The van der Waals surface area contributed by atoms with Crippen LogP contribution in [0.15, 0.2) is 65.2 Å². The number of oxazole rings is 1. The van der Waals surface area contributed by atoms with Crippen molar-refractivity contribution in [3.63, 3.8) is 0 Å². The molecule has 1 aromatic heterocycles. The molecule has 1 aliphatic rings. The Balaban J connectivity index is 1.28. The van der Waals surface area contributed by atoms with Gasteiger partial charge in [-0.05, 0) is 37.0 Å². The summed E-state index contributed by atoms with van der Waals surface area (Å²) in [4.78, 5) is 16.8. The number of aryl methyl sites for hydroxylation is 1. The van der Waals surface area contributed by atoms with Gasteiger partial charge in [-0.2, -0.15) is 0 Å². The fourth-order valence-electron chi connectivity index (χ4n) is 4.05. The number of nitrogens with one attached hydrogen (secondary N) is 1. The summed E-state index contributed by atoms with van der Waals surface area (Å²) in [5, 5.41) is 3.08. The van der Waals surface area contributed by atoms with Gasteiger partial charge in [-0.25, -0.2) is 9.37 Å². The van der Waals surface area contributed by atoms with E-state index in [0.717, 1.165) is 29.7 Å². The zero-order valence-electron chi connectivity index (χ0n) is 17.5. The average molecular weight is 423 g/mol. The third-order valence-electron chi connectivity index (χ3n) is 5.94. The van der Waals surface area contributed by atoms with Crippen LogP contribution in [0.1, 0.15) is 37.1 Å². The molecule has 0 saturated carbocycles. The molecule has 5 nitrogen and oxygen atoms in total. The Morgan fingerprint density at radius 1 is 1.06 bits per heavy atom. The molecule has 0 unspecified atom stereocenters. The van der Waals surface area contributed by atoms with E-state index >= 15 is 0 Å². The molecule has 1 N–H and O–H groups in total. The normalized spacial score (nSPS) is 15.5. The fourth-order valence-corrected chi connectivity index (χ4v) is 4.05. The predicted octanol–water partition coefficient (Wildman–Crippen LogP) is 4.67. The summed E-state index contributed by atoms with van der Waals surface area (Å²) >= 11 is 0. The van der Waals surface area contributed by atoms with E-state index in [1.165, 1.54) is 12.1 Å². The molecule has 162 valence electrons. The summed E-state index contributed by atoms with van der Waals surface area (Å²) in [5.74, 6) is 1.12. The molecule has 6 heteroatoms. The molecule has 0 atom stereocenters. The van der Waals surface area contributed by atoms with E-state index in [4.69, 9.17) is 9.15 Å². The Morgan fingerprint density at radius 3 is 2.55 bits per heavy atom. The average Bonchev–Trinajstić information content (AvgIpc) is 3.28. The maximum Gasteiger partial charge on any atom is 0.220 e. The summed E-state index contributed by atoms with van der Waals surface area (Å²) in [5.41, 5.74) is 1.82. The number of amides is 1. The highest BCUT2D eigenvalue weighted by Gasteiger charge is 2.34. The number of benzene rings is 2. The van der Waals surface area contributed by atoms with Crippen LogP contribution in [-0.4, -0.2) is 30.6 Å². The highest BCUT2D eigenvalue weighted by molar-refractivity contribution is 5.76. The third kappa shape index (κ3) is 5.39. The fraction of sp³-hybridized carbons (Fsp3) is 0.360. The largest absolute Gasteiger partial charge is 0.441 e. The smallest absolute Gasteiger partial charge is 0.220 e. The molecule has 2 heterocycles. The van der Waals surface area contributed by atoms with E-state index in [1.807, 2.05) is 42.5 Å². The molecule has 2 aromatic carbocycles. The molecule has 31 heavy (non-hydrogen) atoms. The lowest BCUT2D eigenvalue weighted by molar-refractivity contribution is -0.121. The van der Waals surface area contributed by atoms with Gasteiger partial charge in [0.05, 0.1) is 6.20 Å². The van der Waals surface area contributed by atoms with E-state index < -0.39 is 0 Å². The highest BCUT2D eigenvalue weighted by Crippen LogP contribution is 2.34. The quantitative estimate of drug-likeness (QED) is 0.573. The van der Waals surface area contributed by atoms with Crippen molar-refractivity contribution in [2.45, 2.75) is 37.5 Å². The van der Waals surface area contributed by atoms with Crippen molar-refractivity contribution >= 4 is 5.91 Å². The van der Waals surface area contributed by atoms with Crippen LogP contribution in [0.2, 0.25) is 0 Å². The second-order valence-corrected chi connectivity index (χ2v) is 8.01. The summed E-state index contributed by atoms with van der Waals surface area (Å²) in [6, 6.07) is 16.4. The van der Waals surface area contributed by atoms with Crippen molar-refractivity contribution in [2.75, 3.05) is 19.8 Å². The number of rotatable bonds is 8. The van der Waals surface area contributed by atoms with Crippen molar-refractivity contribution in [3.05, 3.63) is 78.1 Å². The molecule has 4 rings (SSSR count). The maximum atomic E-state index is 13.4. The van der Waals surface area contributed by atoms with Crippen LogP contribution in [-0.2, 0) is 21.4 Å². The minimum atomic E-state index is -0.253. The van der Waals surface area contributed by atoms with Gasteiger partial charge in [0.15, 0.2) is 11.7 Å². The lowest BCUT2D eigenvalue weighted by Gasteiger charge is -2.38. The molecule has 0 radical (unpaired) electrons. The number of hydrogen-bond acceptors (Lipinski definition) is 4. The van der Waals surface area contributed by atoms with Crippen LogP contribution in [0.25, 0.3) is 11.3 Å². The van der Waals surface area contributed by atoms with Crippen LogP contribution < -0.4 is 5.32 Å². The maximum absolute atomic E-state index is 13.4. The Kier molecular flexibility index (Phi) is 6.77. The van der Waals surface area contributed by atoms with Gasteiger partial charge in [0, 0.05) is 43.6 Å². The summed E-state index contributed by atoms with van der Waals surface area (Å²) < 4.78 is 24.7. The number of aromatic nitrogens is 1. The Hall–Kier alpha value is -2.99. The molecule has 1 fully saturated rings. The molecule has 1 saturated heterocycles. The van der Waals surface area contributed by atoms with Gasteiger partial charge in [0.1, 0.15) is 5.82 Å². The van der Waals surface area contributed by atoms with Crippen LogP contribution in [0.4, 0.5) is 4.39 Å². The highest BCUT2D eigenvalue weighted by atomic mass is 19.1. The number of halogens is 1. The molecular weight excluding hydrogens is 395 g/mol. The van der Waals surface area contributed by atoms with Crippen molar-refractivity contribution < 1.29 is 18.3 Å². The van der Waals surface area contributed by atoms with Crippen molar-refractivity contribution in [3.8, 4) is 11.3 Å². The van der Waals surface area contributed by atoms with Crippen molar-refractivity contribution in [1.29, 1.82) is 0 Å². The number of carbonyl (C=O) groups excluding carboxylic acids is 1. The zero-order chi connectivity index (χ0) is 21.5. The van der Waals surface area contributed by atoms with Gasteiger partial charge in [-0.15, -0.1) is 0 Å². The third-order valence-corrected chi connectivity index (χ3v) is 5.94. The lowest BCUT2D eigenvalue weighted by Crippen LogP contribution is -2.44. The van der Waals surface area contributed by atoms with Gasteiger partial charge in [0.25, 0.3) is 0 Å². The van der Waals surface area contributed by atoms with E-state index in [-0.39, 0.29) is 17.1 Å². The summed E-state index contributed by atoms with van der Waals surface area (Å²) in [7, 11) is 0. The standard InChI is InChI=1S/C25H27FN2O3/c26-21-11-9-20(10-12-21)25(13-15-30-16-14-25)18-28-23(29)7-4-8-24-27-17-22(31-24)19-5-2-1-3-6-19/h1-3,5-6,9-12,17H,4,7-8,13-16,18H2,(H,28,29). The first kappa shape index (κ1) is 21.2. The van der Waals surface area contributed by atoms with Crippen LogP contribution in [0.3, 0.4) is 0 Å².